The molecule has 2 aromatic heterocycles. The molecule has 0 saturated heterocycles. The highest BCUT2D eigenvalue weighted by atomic mass is 35.5. The molecule has 2 N–H and O–H groups in total. The summed E-state index contributed by atoms with van der Waals surface area (Å²) in [4.78, 5) is 0.733. The fourth-order valence-corrected chi connectivity index (χ4v) is 3.13. The number of halogens is 2. The van der Waals surface area contributed by atoms with E-state index in [9.17, 15) is 0 Å². The minimum absolute atomic E-state index is 0.436. The van der Waals surface area contributed by atoms with Crippen LogP contribution in [0.1, 0.15) is 12.7 Å². The number of nitrogen functional groups attached to an aromatic ring is 1. The first-order chi connectivity index (χ1) is 9.10. The third kappa shape index (κ3) is 2.05. The molecular weight excluding hydrogens is 305 g/mol. The van der Waals surface area contributed by atoms with E-state index in [1.165, 1.54) is 11.3 Å². The lowest BCUT2D eigenvalue weighted by Gasteiger charge is -2.03. The van der Waals surface area contributed by atoms with Crippen molar-refractivity contribution >= 4 is 45.2 Å². The highest BCUT2D eigenvalue weighted by Crippen LogP contribution is 2.36. The number of aromatic nitrogens is 4. The molecule has 98 valence electrons. The number of hydrogen-bond donors (Lipinski definition) is 1. The lowest BCUT2D eigenvalue weighted by atomic mass is 10.2. The zero-order chi connectivity index (χ0) is 13.6. The van der Waals surface area contributed by atoms with Crippen LogP contribution in [0.3, 0.4) is 0 Å². The van der Waals surface area contributed by atoms with Crippen molar-refractivity contribution in [3.05, 3.63) is 28.0 Å². The normalized spacial score (nSPS) is 11.3. The van der Waals surface area contributed by atoms with Gasteiger partial charge in [0.25, 0.3) is 0 Å². The summed E-state index contributed by atoms with van der Waals surface area (Å²) in [5, 5.41) is 14.3. The van der Waals surface area contributed by atoms with E-state index >= 15 is 0 Å². The third-order valence-corrected chi connectivity index (χ3v) is 4.26. The van der Waals surface area contributed by atoms with Crippen molar-refractivity contribution in [3.8, 4) is 10.6 Å². The van der Waals surface area contributed by atoms with Gasteiger partial charge in [-0.15, -0.1) is 10.2 Å². The molecule has 0 aliphatic carbocycles. The average molecular weight is 314 g/mol. The van der Waals surface area contributed by atoms with Gasteiger partial charge in [-0.3, -0.25) is 0 Å². The molecule has 0 amide bonds. The molecule has 3 rings (SSSR count). The summed E-state index contributed by atoms with van der Waals surface area (Å²) in [6, 6.07) is 3.35. The second-order valence-electron chi connectivity index (χ2n) is 3.92. The molecular formula is C11H9Cl2N5S. The Hall–Kier alpha value is -1.37. The van der Waals surface area contributed by atoms with Crippen LogP contribution in [0, 0.1) is 0 Å². The number of fused-ring (bicyclic) bond motifs is 1. The monoisotopic (exact) mass is 313 g/mol. The number of aryl methyl sites for hydroxylation is 1. The highest BCUT2D eigenvalue weighted by molar-refractivity contribution is 7.19. The Kier molecular flexibility index (Phi) is 3.08. The van der Waals surface area contributed by atoms with Crippen molar-refractivity contribution in [2.75, 3.05) is 5.73 Å². The van der Waals surface area contributed by atoms with Crippen molar-refractivity contribution in [1.82, 2.24) is 19.8 Å². The van der Waals surface area contributed by atoms with Crippen molar-refractivity contribution in [2.45, 2.75) is 13.3 Å². The largest absolute Gasteiger partial charge is 0.398 e. The van der Waals surface area contributed by atoms with Crippen LogP contribution in [-0.4, -0.2) is 19.8 Å². The predicted octanol–water partition coefficient (Wildman–Crippen LogP) is 3.30. The van der Waals surface area contributed by atoms with E-state index in [0.717, 1.165) is 27.8 Å². The van der Waals surface area contributed by atoms with E-state index < -0.39 is 0 Å². The second-order valence-corrected chi connectivity index (χ2v) is 5.70. The Balaban J connectivity index is 2.19. The van der Waals surface area contributed by atoms with Crippen LogP contribution in [0.4, 0.5) is 5.69 Å². The maximum Gasteiger partial charge on any atom is 0.234 e. The predicted molar refractivity (Wildman–Crippen MR) is 77.9 cm³/mol. The number of rotatable bonds is 2. The first-order valence-electron chi connectivity index (χ1n) is 5.56. The van der Waals surface area contributed by atoms with Crippen molar-refractivity contribution in [2.24, 2.45) is 0 Å². The molecule has 0 fully saturated rings. The number of hydrogen-bond acceptors (Lipinski definition) is 5. The summed E-state index contributed by atoms with van der Waals surface area (Å²) in [6.07, 6.45) is 0.765. The summed E-state index contributed by atoms with van der Waals surface area (Å²) in [5.41, 5.74) is 7.03. The van der Waals surface area contributed by atoms with Gasteiger partial charge in [-0.05, 0) is 12.1 Å². The van der Waals surface area contributed by atoms with Gasteiger partial charge in [0.05, 0.1) is 15.7 Å². The Labute approximate surface area is 123 Å². The SMILES string of the molecule is CCc1nnc2sc(-c3cc(N)c(Cl)cc3Cl)nn12. The Morgan fingerprint density at radius 1 is 1.26 bits per heavy atom. The number of benzene rings is 1. The van der Waals surface area contributed by atoms with E-state index in [1.807, 2.05) is 6.92 Å². The zero-order valence-electron chi connectivity index (χ0n) is 9.89. The van der Waals surface area contributed by atoms with E-state index in [2.05, 4.69) is 15.3 Å². The molecule has 5 nitrogen and oxygen atoms in total. The summed E-state index contributed by atoms with van der Waals surface area (Å²) in [5.74, 6) is 0.815. The van der Waals surface area contributed by atoms with Crippen LogP contribution >= 0.6 is 34.5 Å². The van der Waals surface area contributed by atoms with Crippen molar-refractivity contribution in [1.29, 1.82) is 0 Å². The Morgan fingerprint density at radius 2 is 2.05 bits per heavy atom. The molecule has 0 saturated carbocycles. The van der Waals surface area contributed by atoms with Crippen LogP contribution in [0.15, 0.2) is 12.1 Å². The molecule has 0 radical (unpaired) electrons. The smallest absolute Gasteiger partial charge is 0.234 e. The Bertz CT molecular complexity index is 764. The maximum absolute atomic E-state index is 6.19. The fraction of sp³-hybridized carbons (Fsp3) is 0.182. The molecule has 0 aliphatic rings. The van der Waals surface area contributed by atoms with Gasteiger partial charge in [0.1, 0.15) is 5.01 Å². The maximum atomic E-state index is 6.19. The summed E-state index contributed by atoms with van der Waals surface area (Å²) < 4.78 is 1.72. The van der Waals surface area contributed by atoms with Gasteiger partial charge in [-0.2, -0.15) is 9.61 Å². The van der Waals surface area contributed by atoms with Crippen LogP contribution in [-0.2, 0) is 6.42 Å². The molecule has 2 heterocycles. The van der Waals surface area contributed by atoms with E-state index in [-0.39, 0.29) is 0 Å². The molecule has 3 aromatic rings. The van der Waals surface area contributed by atoms with Gasteiger partial charge < -0.3 is 5.73 Å². The third-order valence-electron chi connectivity index (χ3n) is 2.69. The number of nitrogens with two attached hydrogens (primary N) is 1. The number of nitrogens with zero attached hydrogens (tertiary/aromatic N) is 4. The second kappa shape index (κ2) is 4.63. The van der Waals surface area contributed by atoms with Crippen molar-refractivity contribution in [3.63, 3.8) is 0 Å². The van der Waals surface area contributed by atoms with Gasteiger partial charge in [-0.1, -0.05) is 41.5 Å². The van der Waals surface area contributed by atoms with Gasteiger partial charge in [0.2, 0.25) is 4.96 Å². The quantitative estimate of drug-likeness (QED) is 0.737. The van der Waals surface area contributed by atoms with Crippen molar-refractivity contribution < 1.29 is 0 Å². The number of anilines is 1. The topological polar surface area (TPSA) is 69.1 Å². The molecule has 8 heteroatoms. The van der Waals surface area contributed by atoms with E-state index in [1.54, 1.807) is 16.6 Å². The Morgan fingerprint density at radius 3 is 2.79 bits per heavy atom. The van der Waals surface area contributed by atoms with E-state index in [0.29, 0.717) is 15.7 Å². The van der Waals surface area contributed by atoms with Crippen LogP contribution in [0.25, 0.3) is 15.5 Å². The fourth-order valence-electron chi connectivity index (χ4n) is 1.72. The zero-order valence-corrected chi connectivity index (χ0v) is 12.2. The van der Waals surface area contributed by atoms with E-state index in [4.69, 9.17) is 28.9 Å². The van der Waals surface area contributed by atoms with Crippen LogP contribution < -0.4 is 5.73 Å². The van der Waals surface area contributed by atoms with Gasteiger partial charge >= 0.3 is 0 Å². The molecule has 19 heavy (non-hydrogen) atoms. The first-order valence-corrected chi connectivity index (χ1v) is 7.13. The molecule has 0 bridgehead atoms. The molecule has 0 aliphatic heterocycles. The standard InChI is InChI=1S/C11H9Cl2N5S/c1-2-9-15-16-11-18(9)17-10(19-11)5-3-8(14)7(13)4-6(5)12/h3-4H,2,14H2,1H3. The van der Waals surface area contributed by atoms with Crippen LogP contribution in [0.5, 0.6) is 0 Å². The molecule has 1 aromatic carbocycles. The van der Waals surface area contributed by atoms with Gasteiger partial charge in [0.15, 0.2) is 5.82 Å². The summed E-state index contributed by atoms with van der Waals surface area (Å²) in [6.45, 7) is 2.00. The lowest BCUT2D eigenvalue weighted by Crippen LogP contribution is -1.94. The minimum atomic E-state index is 0.436. The molecule has 0 spiro atoms. The molecule has 0 atom stereocenters. The lowest BCUT2D eigenvalue weighted by molar-refractivity contribution is 0.838. The highest BCUT2D eigenvalue weighted by Gasteiger charge is 2.15. The van der Waals surface area contributed by atoms with Gasteiger partial charge in [-0.25, -0.2) is 0 Å². The summed E-state index contributed by atoms with van der Waals surface area (Å²) in [7, 11) is 0. The minimum Gasteiger partial charge on any atom is -0.398 e. The summed E-state index contributed by atoms with van der Waals surface area (Å²) >= 11 is 13.5. The van der Waals surface area contributed by atoms with Gasteiger partial charge in [0, 0.05) is 12.0 Å². The first kappa shape index (κ1) is 12.7. The van der Waals surface area contributed by atoms with Crippen LogP contribution in [0.2, 0.25) is 10.0 Å². The average Bonchev–Trinajstić information content (AvgIpc) is 2.93. The molecule has 0 unspecified atom stereocenters.